The first-order valence-corrected chi connectivity index (χ1v) is 4.26. The molecule has 13 heavy (non-hydrogen) atoms. The van der Waals surface area contributed by atoms with E-state index in [1.807, 2.05) is 13.0 Å². The van der Waals surface area contributed by atoms with E-state index in [4.69, 9.17) is 21.5 Å². The standard InChI is InChI=1S/C9H12ClNO2/c1-6-3-7(5-11-12)4-8(13-2)9(6)10/h3-4,11-12H,5H2,1-2H3. The van der Waals surface area contributed by atoms with Gasteiger partial charge in [-0.1, -0.05) is 17.7 Å². The summed E-state index contributed by atoms with van der Waals surface area (Å²) < 4.78 is 5.07. The minimum absolute atomic E-state index is 0.383. The van der Waals surface area contributed by atoms with E-state index >= 15 is 0 Å². The van der Waals surface area contributed by atoms with Gasteiger partial charge in [0.15, 0.2) is 0 Å². The number of benzene rings is 1. The average Bonchev–Trinajstić information content (AvgIpc) is 2.11. The summed E-state index contributed by atoms with van der Waals surface area (Å²) in [7, 11) is 1.57. The number of nitrogens with one attached hydrogen (secondary N) is 1. The van der Waals surface area contributed by atoms with Gasteiger partial charge in [-0.15, -0.1) is 0 Å². The van der Waals surface area contributed by atoms with Crippen molar-refractivity contribution < 1.29 is 9.94 Å². The van der Waals surface area contributed by atoms with Crippen LogP contribution in [-0.4, -0.2) is 12.3 Å². The Balaban J connectivity index is 3.06. The van der Waals surface area contributed by atoms with Crippen LogP contribution >= 0.6 is 11.6 Å². The lowest BCUT2D eigenvalue weighted by molar-refractivity contribution is 0.161. The molecule has 0 radical (unpaired) electrons. The summed E-state index contributed by atoms with van der Waals surface area (Å²) >= 11 is 5.96. The van der Waals surface area contributed by atoms with Crippen molar-refractivity contribution in [3.63, 3.8) is 0 Å². The zero-order valence-electron chi connectivity index (χ0n) is 7.60. The second kappa shape index (κ2) is 4.46. The topological polar surface area (TPSA) is 41.5 Å². The van der Waals surface area contributed by atoms with Crippen molar-refractivity contribution >= 4 is 11.6 Å². The summed E-state index contributed by atoms with van der Waals surface area (Å²) in [6.45, 7) is 2.28. The third-order valence-electron chi connectivity index (χ3n) is 1.78. The Morgan fingerprint density at radius 2 is 2.23 bits per heavy atom. The molecule has 0 saturated heterocycles. The van der Waals surface area contributed by atoms with Crippen LogP contribution in [0.15, 0.2) is 12.1 Å². The predicted molar refractivity (Wildman–Crippen MR) is 51.4 cm³/mol. The normalized spacial score (nSPS) is 10.2. The quantitative estimate of drug-likeness (QED) is 0.737. The lowest BCUT2D eigenvalue weighted by atomic mass is 10.1. The molecular formula is C9H12ClNO2. The smallest absolute Gasteiger partial charge is 0.138 e. The number of hydroxylamine groups is 1. The minimum Gasteiger partial charge on any atom is -0.495 e. The molecule has 0 atom stereocenters. The van der Waals surface area contributed by atoms with Crippen molar-refractivity contribution in [1.29, 1.82) is 0 Å². The number of aryl methyl sites for hydroxylation is 1. The van der Waals surface area contributed by atoms with E-state index < -0.39 is 0 Å². The number of hydrogen-bond donors (Lipinski definition) is 2. The zero-order valence-corrected chi connectivity index (χ0v) is 8.35. The molecule has 0 aromatic heterocycles. The molecule has 3 nitrogen and oxygen atoms in total. The number of methoxy groups -OCH3 is 1. The predicted octanol–water partition coefficient (Wildman–Crippen LogP) is 2.14. The molecule has 0 bridgehead atoms. The SMILES string of the molecule is COc1cc(CNO)cc(C)c1Cl. The first-order valence-electron chi connectivity index (χ1n) is 3.89. The van der Waals surface area contributed by atoms with Gasteiger partial charge in [0.25, 0.3) is 0 Å². The number of rotatable bonds is 3. The molecule has 0 heterocycles. The van der Waals surface area contributed by atoms with E-state index in [0.29, 0.717) is 17.3 Å². The molecule has 0 unspecified atom stereocenters. The van der Waals surface area contributed by atoms with Gasteiger partial charge in [-0.25, -0.2) is 5.48 Å². The summed E-state index contributed by atoms with van der Waals surface area (Å²) in [6, 6.07) is 3.69. The van der Waals surface area contributed by atoms with Crippen molar-refractivity contribution in [2.24, 2.45) is 0 Å². The van der Waals surface area contributed by atoms with Crippen LogP contribution in [0.1, 0.15) is 11.1 Å². The Labute approximate surface area is 82.2 Å². The van der Waals surface area contributed by atoms with Crippen LogP contribution in [0.4, 0.5) is 0 Å². The highest BCUT2D eigenvalue weighted by Gasteiger charge is 2.05. The first-order chi connectivity index (χ1) is 6.19. The van der Waals surface area contributed by atoms with Gasteiger partial charge < -0.3 is 9.94 Å². The monoisotopic (exact) mass is 201 g/mol. The Hall–Kier alpha value is -0.770. The van der Waals surface area contributed by atoms with Crippen molar-refractivity contribution in [3.05, 3.63) is 28.3 Å². The Kier molecular flexibility index (Phi) is 3.54. The van der Waals surface area contributed by atoms with Gasteiger partial charge in [0.1, 0.15) is 5.75 Å². The second-order valence-corrected chi connectivity index (χ2v) is 3.14. The fourth-order valence-corrected chi connectivity index (χ4v) is 1.34. The maximum atomic E-state index is 8.52. The van der Waals surface area contributed by atoms with E-state index in [9.17, 15) is 0 Å². The molecule has 2 N–H and O–H groups in total. The molecular weight excluding hydrogens is 190 g/mol. The fourth-order valence-electron chi connectivity index (χ4n) is 1.15. The third kappa shape index (κ3) is 2.34. The van der Waals surface area contributed by atoms with Crippen LogP contribution in [0.25, 0.3) is 0 Å². The van der Waals surface area contributed by atoms with Crippen molar-refractivity contribution in [1.82, 2.24) is 5.48 Å². The second-order valence-electron chi connectivity index (χ2n) is 2.76. The number of ether oxygens (including phenoxy) is 1. The summed E-state index contributed by atoms with van der Waals surface area (Å²) in [5.41, 5.74) is 3.95. The van der Waals surface area contributed by atoms with Crippen molar-refractivity contribution in [2.45, 2.75) is 13.5 Å². The highest BCUT2D eigenvalue weighted by Crippen LogP contribution is 2.29. The molecule has 0 spiro atoms. The number of hydrogen-bond acceptors (Lipinski definition) is 3. The van der Waals surface area contributed by atoms with E-state index in [1.165, 1.54) is 0 Å². The van der Waals surface area contributed by atoms with Crippen molar-refractivity contribution in [3.8, 4) is 5.75 Å². The van der Waals surface area contributed by atoms with Gasteiger partial charge in [0.05, 0.1) is 12.1 Å². The summed E-state index contributed by atoms with van der Waals surface area (Å²) in [5.74, 6) is 0.631. The van der Waals surface area contributed by atoms with Gasteiger partial charge in [0, 0.05) is 6.54 Å². The Morgan fingerprint density at radius 3 is 2.77 bits per heavy atom. The molecule has 72 valence electrons. The summed E-state index contributed by atoms with van der Waals surface area (Å²) in [4.78, 5) is 0. The molecule has 0 saturated carbocycles. The van der Waals surface area contributed by atoms with E-state index in [0.717, 1.165) is 11.1 Å². The van der Waals surface area contributed by atoms with Crippen LogP contribution < -0.4 is 10.2 Å². The summed E-state index contributed by atoms with van der Waals surface area (Å²) in [6.07, 6.45) is 0. The van der Waals surface area contributed by atoms with E-state index in [1.54, 1.807) is 13.2 Å². The maximum absolute atomic E-state index is 8.52. The van der Waals surface area contributed by atoms with Gasteiger partial charge in [0.2, 0.25) is 0 Å². The lowest BCUT2D eigenvalue weighted by Gasteiger charge is -2.08. The first kappa shape index (κ1) is 10.3. The molecule has 0 aliphatic carbocycles. The van der Waals surface area contributed by atoms with Crippen LogP contribution in [0.3, 0.4) is 0 Å². The van der Waals surface area contributed by atoms with Gasteiger partial charge in [-0.2, -0.15) is 0 Å². The molecule has 0 fully saturated rings. The van der Waals surface area contributed by atoms with Crippen LogP contribution in [0.2, 0.25) is 5.02 Å². The van der Waals surface area contributed by atoms with Gasteiger partial charge >= 0.3 is 0 Å². The molecule has 1 aromatic carbocycles. The molecule has 0 amide bonds. The lowest BCUT2D eigenvalue weighted by Crippen LogP contribution is -2.06. The molecule has 0 aliphatic rings. The Bertz CT molecular complexity index is 302. The number of halogens is 1. The van der Waals surface area contributed by atoms with Crippen molar-refractivity contribution in [2.75, 3.05) is 7.11 Å². The maximum Gasteiger partial charge on any atom is 0.138 e. The van der Waals surface area contributed by atoms with Crippen LogP contribution in [-0.2, 0) is 6.54 Å². The fraction of sp³-hybridized carbons (Fsp3) is 0.333. The molecule has 1 aromatic rings. The largest absolute Gasteiger partial charge is 0.495 e. The highest BCUT2D eigenvalue weighted by molar-refractivity contribution is 6.32. The average molecular weight is 202 g/mol. The highest BCUT2D eigenvalue weighted by atomic mass is 35.5. The van der Waals surface area contributed by atoms with E-state index in [-0.39, 0.29) is 0 Å². The summed E-state index contributed by atoms with van der Waals surface area (Å²) in [5, 5.41) is 9.13. The van der Waals surface area contributed by atoms with Crippen LogP contribution in [0.5, 0.6) is 5.75 Å². The van der Waals surface area contributed by atoms with Gasteiger partial charge in [-0.05, 0) is 24.1 Å². The van der Waals surface area contributed by atoms with Crippen LogP contribution in [0, 0.1) is 6.92 Å². The van der Waals surface area contributed by atoms with E-state index in [2.05, 4.69) is 5.48 Å². The van der Waals surface area contributed by atoms with Gasteiger partial charge in [-0.3, -0.25) is 0 Å². The molecule has 1 rings (SSSR count). The minimum atomic E-state index is 0.383. The molecule has 4 heteroatoms. The molecule has 0 aliphatic heterocycles. The zero-order chi connectivity index (χ0) is 9.84. The third-order valence-corrected chi connectivity index (χ3v) is 2.27. The Morgan fingerprint density at radius 1 is 1.54 bits per heavy atom.